The number of rotatable bonds is 10. The molecule has 9 N–H and O–H groups in total. The van der Waals surface area contributed by atoms with E-state index < -0.39 is 72.4 Å². The van der Waals surface area contributed by atoms with Crippen molar-refractivity contribution >= 4 is 29.6 Å². The van der Waals surface area contributed by atoms with Crippen molar-refractivity contribution in [1.29, 1.82) is 0 Å². The van der Waals surface area contributed by atoms with Crippen molar-refractivity contribution in [3.8, 4) is 0 Å². The minimum atomic E-state index is -1.53. The van der Waals surface area contributed by atoms with Crippen LogP contribution in [0.25, 0.3) is 0 Å². The van der Waals surface area contributed by atoms with Crippen LogP contribution >= 0.6 is 0 Å². The topological polar surface area (TPSA) is 225 Å². The fourth-order valence-corrected chi connectivity index (χ4v) is 3.01. The highest BCUT2D eigenvalue weighted by Gasteiger charge is 2.40. The molecule has 4 amide bonds. The molecule has 6 unspecified atom stereocenters. The molecule has 1 fully saturated rings. The molecule has 1 rings (SSSR count). The van der Waals surface area contributed by atoms with Gasteiger partial charge < -0.3 is 42.3 Å². The van der Waals surface area contributed by atoms with Gasteiger partial charge in [-0.25, -0.2) is 4.79 Å². The molecule has 0 aliphatic carbocycles. The standard InChI is InChI=1S/C17H29N5O8/c1-7(23)12(19)15(27)20-9(6-11(18)25)14(26)21-13(8(2)24)16(28)22-5-3-4-10(22)17(29)30/h7-10,12-13,23-24H,3-6,19H2,1-2H3,(H2,18,25)(H,20,27)(H,21,26)(H,29,30). The number of carboxylic acids is 1. The third kappa shape index (κ3) is 6.64. The molecule has 0 spiro atoms. The number of primary amides is 1. The smallest absolute Gasteiger partial charge is 0.326 e. The van der Waals surface area contributed by atoms with Gasteiger partial charge in [0.15, 0.2) is 0 Å². The van der Waals surface area contributed by atoms with E-state index in [4.69, 9.17) is 11.5 Å². The molecule has 0 aromatic rings. The number of hydrogen-bond acceptors (Lipinski definition) is 8. The van der Waals surface area contributed by atoms with Crippen LogP contribution in [0.1, 0.15) is 33.1 Å². The van der Waals surface area contributed by atoms with Crippen molar-refractivity contribution in [2.24, 2.45) is 11.5 Å². The number of carboxylic acid groups (broad SMARTS) is 1. The van der Waals surface area contributed by atoms with Crippen LogP contribution in [0.15, 0.2) is 0 Å². The zero-order chi connectivity index (χ0) is 23.2. The monoisotopic (exact) mass is 431 g/mol. The Balaban J connectivity index is 2.98. The third-order valence-corrected chi connectivity index (χ3v) is 4.73. The van der Waals surface area contributed by atoms with E-state index in [1.165, 1.54) is 13.8 Å². The largest absolute Gasteiger partial charge is 0.480 e. The minimum absolute atomic E-state index is 0.138. The van der Waals surface area contributed by atoms with Gasteiger partial charge in [-0.05, 0) is 26.7 Å². The van der Waals surface area contributed by atoms with Gasteiger partial charge in [0.25, 0.3) is 0 Å². The molecular formula is C17H29N5O8. The average Bonchev–Trinajstić information content (AvgIpc) is 3.13. The number of amides is 4. The summed E-state index contributed by atoms with van der Waals surface area (Å²) < 4.78 is 0. The molecule has 30 heavy (non-hydrogen) atoms. The van der Waals surface area contributed by atoms with Crippen molar-refractivity contribution in [2.75, 3.05) is 6.54 Å². The quantitative estimate of drug-likeness (QED) is 0.178. The fourth-order valence-electron chi connectivity index (χ4n) is 3.01. The Labute approximate surface area is 172 Å². The van der Waals surface area contributed by atoms with E-state index in [9.17, 15) is 39.3 Å². The highest BCUT2D eigenvalue weighted by Crippen LogP contribution is 2.19. The van der Waals surface area contributed by atoms with Gasteiger partial charge in [-0.3, -0.25) is 19.2 Å². The first kappa shape index (κ1) is 25.3. The number of aliphatic hydroxyl groups is 2. The fraction of sp³-hybridized carbons (Fsp3) is 0.706. The molecule has 1 saturated heterocycles. The first-order valence-electron chi connectivity index (χ1n) is 9.40. The second-order valence-electron chi connectivity index (χ2n) is 7.25. The van der Waals surface area contributed by atoms with E-state index >= 15 is 0 Å². The second-order valence-corrected chi connectivity index (χ2v) is 7.25. The number of likely N-dealkylation sites (tertiary alicyclic amines) is 1. The van der Waals surface area contributed by atoms with Crippen LogP contribution in [-0.2, 0) is 24.0 Å². The van der Waals surface area contributed by atoms with Gasteiger partial charge in [-0.2, -0.15) is 0 Å². The Bertz CT molecular complexity index is 683. The molecule has 13 heteroatoms. The van der Waals surface area contributed by atoms with E-state index in [2.05, 4.69) is 10.6 Å². The Hall–Kier alpha value is -2.77. The van der Waals surface area contributed by atoms with Gasteiger partial charge in [0, 0.05) is 6.54 Å². The van der Waals surface area contributed by atoms with Crippen molar-refractivity contribution in [3.05, 3.63) is 0 Å². The Kier molecular flexibility index (Phi) is 9.14. The lowest BCUT2D eigenvalue weighted by Gasteiger charge is -2.30. The first-order chi connectivity index (χ1) is 13.9. The lowest BCUT2D eigenvalue weighted by Crippen LogP contribution is -2.60. The van der Waals surface area contributed by atoms with Crippen LogP contribution < -0.4 is 22.1 Å². The summed E-state index contributed by atoms with van der Waals surface area (Å²) in [5.74, 6) is -4.90. The van der Waals surface area contributed by atoms with Crippen molar-refractivity contribution in [3.63, 3.8) is 0 Å². The van der Waals surface area contributed by atoms with E-state index in [0.717, 1.165) is 4.90 Å². The maximum atomic E-state index is 12.8. The molecule has 13 nitrogen and oxygen atoms in total. The molecule has 0 saturated carbocycles. The minimum Gasteiger partial charge on any atom is -0.480 e. The number of nitrogens with two attached hydrogens (primary N) is 2. The summed E-state index contributed by atoms with van der Waals surface area (Å²) in [6, 6.07) is -5.51. The summed E-state index contributed by atoms with van der Waals surface area (Å²) in [5.41, 5.74) is 10.6. The maximum absolute atomic E-state index is 12.8. The summed E-state index contributed by atoms with van der Waals surface area (Å²) in [5, 5.41) is 33.0. The summed E-state index contributed by atoms with van der Waals surface area (Å²) in [6.07, 6.45) is -2.59. The molecule has 0 aromatic carbocycles. The van der Waals surface area contributed by atoms with Crippen LogP contribution in [0.2, 0.25) is 0 Å². The van der Waals surface area contributed by atoms with Gasteiger partial charge in [-0.1, -0.05) is 0 Å². The van der Waals surface area contributed by atoms with Crippen LogP contribution in [0.3, 0.4) is 0 Å². The van der Waals surface area contributed by atoms with Gasteiger partial charge in [0.2, 0.25) is 23.6 Å². The first-order valence-corrected chi connectivity index (χ1v) is 9.40. The molecule has 0 aromatic heterocycles. The number of aliphatic hydroxyl groups excluding tert-OH is 2. The van der Waals surface area contributed by atoms with Gasteiger partial charge in [-0.15, -0.1) is 0 Å². The van der Waals surface area contributed by atoms with E-state index in [1.54, 1.807) is 0 Å². The lowest BCUT2D eigenvalue weighted by atomic mass is 10.1. The average molecular weight is 431 g/mol. The number of aliphatic carboxylic acids is 1. The summed E-state index contributed by atoms with van der Waals surface area (Å²) >= 11 is 0. The van der Waals surface area contributed by atoms with Crippen LogP contribution in [-0.4, -0.2) is 92.7 Å². The number of nitrogens with zero attached hydrogens (tertiary/aromatic N) is 1. The zero-order valence-corrected chi connectivity index (χ0v) is 16.8. The molecule has 6 atom stereocenters. The summed E-state index contributed by atoms with van der Waals surface area (Å²) in [6.45, 7) is 2.61. The highest BCUT2D eigenvalue weighted by atomic mass is 16.4. The maximum Gasteiger partial charge on any atom is 0.326 e. The summed E-state index contributed by atoms with van der Waals surface area (Å²) in [7, 11) is 0. The van der Waals surface area contributed by atoms with E-state index in [-0.39, 0.29) is 13.0 Å². The normalized spacial score (nSPS) is 21.1. The van der Waals surface area contributed by atoms with Crippen molar-refractivity contribution in [2.45, 2.75) is 69.5 Å². The number of hydrogen-bond donors (Lipinski definition) is 7. The SMILES string of the molecule is CC(O)C(N)C(=O)NC(CC(N)=O)C(=O)NC(C(=O)N1CCCC1C(=O)O)C(C)O. The zero-order valence-electron chi connectivity index (χ0n) is 16.8. The number of carbonyl (C=O) groups excluding carboxylic acids is 4. The predicted molar refractivity (Wildman–Crippen MR) is 101 cm³/mol. The highest BCUT2D eigenvalue weighted by molar-refractivity contribution is 5.96. The van der Waals surface area contributed by atoms with Crippen molar-refractivity contribution < 1.29 is 39.3 Å². The predicted octanol–water partition coefficient (Wildman–Crippen LogP) is -4.00. The molecule has 1 aliphatic heterocycles. The molecular weight excluding hydrogens is 402 g/mol. The molecule has 170 valence electrons. The van der Waals surface area contributed by atoms with Crippen molar-refractivity contribution in [1.82, 2.24) is 15.5 Å². The van der Waals surface area contributed by atoms with Crippen LogP contribution in [0, 0.1) is 0 Å². The summed E-state index contributed by atoms with van der Waals surface area (Å²) in [4.78, 5) is 61.1. The molecule has 1 heterocycles. The molecule has 0 radical (unpaired) electrons. The van der Waals surface area contributed by atoms with Gasteiger partial charge in [0.1, 0.15) is 24.2 Å². The van der Waals surface area contributed by atoms with Crippen LogP contribution in [0.5, 0.6) is 0 Å². The second kappa shape index (κ2) is 10.8. The Morgan fingerprint density at radius 1 is 1.07 bits per heavy atom. The lowest BCUT2D eigenvalue weighted by molar-refractivity contribution is -0.151. The molecule has 0 bridgehead atoms. The van der Waals surface area contributed by atoms with E-state index in [0.29, 0.717) is 6.42 Å². The van der Waals surface area contributed by atoms with Gasteiger partial charge in [0.05, 0.1) is 18.6 Å². The molecule has 1 aliphatic rings. The van der Waals surface area contributed by atoms with Gasteiger partial charge >= 0.3 is 5.97 Å². The number of carbonyl (C=O) groups is 5. The Morgan fingerprint density at radius 3 is 2.13 bits per heavy atom. The Morgan fingerprint density at radius 2 is 1.67 bits per heavy atom. The van der Waals surface area contributed by atoms with E-state index in [1.807, 2.05) is 0 Å². The number of nitrogens with one attached hydrogen (secondary N) is 2. The third-order valence-electron chi connectivity index (χ3n) is 4.73. The van der Waals surface area contributed by atoms with Crippen LogP contribution in [0.4, 0.5) is 0 Å².